The normalized spacial score (nSPS) is 31.8. The number of hydrogen-bond donors (Lipinski definition) is 4. The van der Waals surface area contributed by atoms with Gasteiger partial charge in [-0.05, 0) is 75.9 Å². The summed E-state index contributed by atoms with van der Waals surface area (Å²) in [4.78, 5) is 70.5. The second kappa shape index (κ2) is 27.3. The summed E-state index contributed by atoms with van der Waals surface area (Å²) < 4.78 is 49.7. The zero-order valence-corrected chi connectivity index (χ0v) is 56.6. The molecule has 512 valence electrons. The molecule has 5 aliphatic carbocycles. The van der Waals surface area contributed by atoms with Crippen LogP contribution < -0.4 is 5.32 Å². The standard InChI is InChI=1S/C34H47NO11.C20H24N2O6.C17H13ClN4/c1-7-35-15-31(16-41-3)20(37)13-21(42-4)33-19-14-32(40)28(45-30(39)18-11-9-8-10-12-18)22(19)34(46-17(2)36,27(38)29(32)44-6)23(26(33)35)24(43-5)25(31)33;1-11(2)10-28-20(24)17-13(4)21-12(3)16(19(23)27-5)18(17)14-8-6-7-9-15(14)22(25)26;1-11-20-21-16-10-19-17(12-5-3-2-4-6-12)14-9-13(18)7-8-15(14)22(11)16/h8-12,19-29,37-38,40H,7,13-16H2,1-6H3;6-9,11,18,21H,10H2,1-5H3;2-9H,10H2,1H3/t19-,20-,21+,22-,23+,24+,25-,26?,27+,28-,29+,31+,32-,33+,34-;;/m1../s1. The van der Waals surface area contributed by atoms with Crippen LogP contribution in [0.2, 0.25) is 5.02 Å². The fraction of sp³-hybridized carbons (Fsp3) is 0.507. The molecule has 5 saturated carbocycles. The number of aliphatic hydroxyl groups excluding tert-OH is 2. The van der Waals surface area contributed by atoms with E-state index >= 15 is 0 Å². The number of carbonyl (C=O) groups excluding carboxylic acids is 4. The van der Waals surface area contributed by atoms with Gasteiger partial charge in [-0.1, -0.05) is 99.1 Å². The second-order valence-corrected chi connectivity index (χ2v) is 27.0. The lowest BCUT2D eigenvalue weighted by molar-refractivity contribution is -0.385. The third-order valence-corrected chi connectivity index (χ3v) is 21.5. The predicted octanol–water partition coefficient (Wildman–Crippen LogP) is 7.43. The van der Waals surface area contributed by atoms with Gasteiger partial charge in [-0.3, -0.25) is 29.4 Å². The number of methoxy groups -OCH3 is 5. The van der Waals surface area contributed by atoms with E-state index in [9.17, 15) is 44.6 Å². The number of dihydropyridines is 1. The summed E-state index contributed by atoms with van der Waals surface area (Å²) in [5.41, 5.74) is 0.502. The number of nitro benzene ring substituents is 1. The summed E-state index contributed by atoms with van der Waals surface area (Å²) in [6, 6.07) is 30.2. The highest BCUT2D eigenvalue weighted by Gasteiger charge is 2.92. The number of ether oxygens (including phenoxy) is 8. The number of carbonyl (C=O) groups is 4. The number of aromatic nitrogens is 3. The number of nitro groups is 1. The maximum absolute atomic E-state index is 13.8. The smallest absolute Gasteiger partial charge is 0.338 e. The van der Waals surface area contributed by atoms with Crippen molar-refractivity contribution >= 4 is 46.9 Å². The number of allylic oxidation sites excluding steroid dienone is 2. The first-order valence-electron chi connectivity index (χ1n) is 32.3. The Morgan fingerprint density at radius 2 is 1.50 bits per heavy atom. The van der Waals surface area contributed by atoms with Crippen LogP contribution in [0.15, 0.2) is 131 Å². The van der Waals surface area contributed by atoms with Crippen LogP contribution >= 0.6 is 11.6 Å². The molecule has 4 heterocycles. The van der Waals surface area contributed by atoms with E-state index in [2.05, 4.69) is 32.5 Å². The highest BCUT2D eigenvalue weighted by molar-refractivity contribution is 6.31. The Bertz CT molecular complexity index is 3900. The molecular formula is C71H84ClN7O17. The summed E-state index contributed by atoms with van der Waals surface area (Å²) in [6.07, 6.45) is -5.49. The van der Waals surface area contributed by atoms with Crippen LogP contribution in [0.5, 0.6) is 0 Å². The molecule has 3 aliphatic heterocycles. The number of nitrogens with zero attached hydrogens (tertiary/aromatic N) is 6. The van der Waals surface area contributed by atoms with Crippen LogP contribution in [0.3, 0.4) is 0 Å². The average molecular weight is 1340 g/mol. The van der Waals surface area contributed by atoms with Crippen molar-refractivity contribution in [2.24, 2.45) is 45.4 Å². The van der Waals surface area contributed by atoms with Gasteiger partial charge in [0.05, 0.1) is 77.6 Å². The Kier molecular flexibility index (Phi) is 19.8. The number of hydrogen-bond acceptors (Lipinski definition) is 22. The SMILES string of the molecule is CCN1C[C@]2(COC)[C@H](O)C[C@H](OC)[C@]34C1[C@H]([C@H](OC)[C@H]23)[C@]1(OC(C)=O)[C@H]2[C@@H](OC(=O)c3ccccc3)[C@](O)(C[C@H]24)[C@@H](OC)[C@@H]1O.COC(=O)C1=C(C)NC(C)=C(C(=O)OCC(C)C)C1c1ccccc1[N+](=O)[O-].Cc1nnc2n1-c1ccc(Cl)cc1C(c1ccccc1)=NC2. The Labute approximate surface area is 562 Å². The molecule has 4 aromatic carbocycles. The van der Waals surface area contributed by atoms with Gasteiger partial charge in [0.25, 0.3) is 5.69 Å². The maximum Gasteiger partial charge on any atom is 0.338 e. The quantitative estimate of drug-likeness (QED) is 0.0323. The van der Waals surface area contributed by atoms with Gasteiger partial charge in [-0.2, -0.15) is 0 Å². The highest BCUT2D eigenvalue weighted by atomic mass is 35.5. The first-order valence-corrected chi connectivity index (χ1v) is 32.6. The number of aliphatic imine (C=N–C) groups is 1. The van der Waals surface area contributed by atoms with E-state index in [4.69, 9.17) is 54.5 Å². The van der Waals surface area contributed by atoms with Gasteiger partial charge in [-0.25, -0.2) is 14.4 Å². The first-order chi connectivity index (χ1) is 45.9. The Morgan fingerprint density at radius 3 is 2.11 bits per heavy atom. The molecule has 16 atom stereocenters. The average Bonchev–Trinajstić information content (AvgIpc) is 1.44. The Hall–Kier alpha value is -7.78. The summed E-state index contributed by atoms with van der Waals surface area (Å²) in [5, 5.41) is 61.0. The molecule has 6 fully saturated rings. The number of halogens is 1. The summed E-state index contributed by atoms with van der Waals surface area (Å²) in [6.45, 7) is 14.4. The molecule has 96 heavy (non-hydrogen) atoms. The van der Waals surface area contributed by atoms with Crippen LogP contribution in [-0.4, -0.2) is 185 Å². The van der Waals surface area contributed by atoms with Crippen LogP contribution in [0.25, 0.3) is 5.69 Å². The van der Waals surface area contributed by atoms with E-state index < -0.39 is 111 Å². The van der Waals surface area contributed by atoms with Gasteiger partial charge in [0.2, 0.25) is 0 Å². The third-order valence-electron chi connectivity index (χ3n) is 21.3. The molecular weight excluding hydrogens is 1260 g/mol. The zero-order valence-electron chi connectivity index (χ0n) is 55.9. The van der Waals surface area contributed by atoms with Crippen molar-refractivity contribution in [3.63, 3.8) is 0 Å². The van der Waals surface area contributed by atoms with Crippen LogP contribution in [0.4, 0.5) is 5.69 Å². The summed E-state index contributed by atoms with van der Waals surface area (Å²) in [7, 11) is 7.49. The Morgan fingerprint density at radius 1 is 0.833 bits per heavy atom. The minimum Gasteiger partial charge on any atom is -0.466 e. The molecule has 13 rings (SSSR count). The van der Waals surface area contributed by atoms with Gasteiger partial charge >= 0.3 is 23.9 Å². The van der Waals surface area contributed by atoms with Gasteiger partial charge in [0.15, 0.2) is 11.4 Å². The molecule has 7 bridgehead atoms. The van der Waals surface area contributed by atoms with Crippen molar-refractivity contribution in [1.29, 1.82) is 0 Å². The monoisotopic (exact) mass is 1340 g/mol. The molecule has 2 unspecified atom stereocenters. The van der Waals surface area contributed by atoms with Crippen molar-refractivity contribution in [3.05, 3.63) is 175 Å². The fourth-order valence-corrected chi connectivity index (χ4v) is 18.4. The number of fused-ring (bicyclic) bond motifs is 5. The van der Waals surface area contributed by atoms with Crippen molar-refractivity contribution in [2.45, 2.75) is 128 Å². The number of esters is 4. The minimum absolute atomic E-state index is 0.0791. The number of piperidine rings is 1. The maximum atomic E-state index is 13.8. The van der Waals surface area contributed by atoms with Gasteiger partial charge < -0.3 is 58.5 Å². The second-order valence-electron chi connectivity index (χ2n) is 26.5. The molecule has 24 nitrogen and oxygen atoms in total. The number of aliphatic hydroxyl groups is 3. The molecule has 1 saturated heterocycles. The molecule has 25 heteroatoms. The van der Waals surface area contributed by atoms with E-state index in [-0.39, 0.29) is 59.9 Å². The van der Waals surface area contributed by atoms with E-state index in [1.807, 2.05) is 68.7 Å². The number of benzene rings is 4. The molecule has 1 spiro atoms. The fourth-order valence-electron chi connectivity index (χ4n) is 18.3. The topological polar surface area (TPSA) is 304 Å². The molecule has 8 aliphatic rings. The van der Waals surface area contributed by atoms with Crippen molar-refractivity contribution < 1.29 is 77.3 Å². The number of aryl methyl sites for hydroxylation is 1. The number of rotatable bonds is 16. The van der Waals surface area contributed by atoms with E-state index in [1.54, 1.807) is 71.6 Å². The number of nitrogens with one attached hydrogen (secondary N) is 1. The lowest BCUT2D eigenvalue weighted by Crippen LogP contribution is -2.81. The number of para-hydroxylation sites is 1. The van der Waals surface area contributed by atoms with E-state index in [1.165, 1.54) is 39.3 Å². The highest BCUT2D eigenvalue weighted by Crippen LogP contribution is 2.81. The van der Waals surface area contributed by atoms with E-state index in [0.717, 1.165) is 34.2 Å². The minimum atomic E-state index is -1.83. The summed E-state index contributed by atoms with van der Waals surface area (Å²) >= 11 is 6.23. The molecule has 4 N–H and O–H groups in total. The lowest BCUT2D eigenvalue weighted by atomic mass is 9.42. The van der Waals surface area contributed by atoms with Crippen LogP contribution in [0, 0.1) is 57.5 Å². The van der Waals surface area contributed by atoms with Crippen LogP contribution in [0.1, 0.15) is 99.0 Å². The van der Waals surface area contributed by atoms with E-state index in [0.29, 0.717) is 48.0 Å². The largest absolute Gasteiger partial charge is 0.466 e. The zero-order chi connectivity index (χ0) is 69.1. The molecule has 1 aromatic heterocycles. The molecule has 0 radical (unpaired) electrons. The van der Waals surface area contributed by atoms with Crippen molar-refractivity contribution in [1.82, 2.24) is 25.0 Å². The van der Waals surface area contributed by atoms with Gasteiger partial charge in [-0.15, -0.1) is 10.2 Å². The third kappa shape index (κ3) is 11.0. The van der Waals surface area contributed by atoms with Crippen molar-refractivity contribution in [2.75, 3.05) is 61.9 Å². The Balaban J connectivity index is 0.000000159. The molecule has 0 amide bonds. The first kappa shape index (κ1) is 69.6. The van der Waals surface area contributed by atoms with Crippen molar-refractivity contribution in [3.8, 4) is 5.69 Å². The number of likely N-dealkylation sites (tertiary alicyclic amines) is 1. The predicted molar refractivity (Wildman–Crippen MR) is 350 cm³/mol. The lowest BCUT2D eigenvalue weighted by Gasteiger charge is -2.70. The summed E-state index contributed by atoms with van der Waals surface area (Å²) in [5.74, 6) is -4.12. The van der Waals surface area contributed by atoms with Gasteiger partial charge in [0.1, 0.15) is 36.3 Å². The van der Waals surface area contributed by atoms with Gasteiger partial charge in [0, 0.05) is 122 Å². The van der Waals surface area contributed by atoms with Crippen LogP contribution in [-0.2, 0) is 58.8 Å². The molecule has 5 aromatic rings.